The van der Waals surface area contributed by atoms with Crippen LogP contribution < -0.4 is 5.32 Å². The first kappa shape index (κ1) is 20.2. The van der Waals surface area contributed by atoms with Crippen LogP contribution in [0.15, 0.2) is 36.4 Å². The van der Waals surface area contributed by atoms with Gasteiger partial charge in [0, 0.05) is 24.6 Å². The summed E-state index contributed by atoms with van der Waals surface area (Å²) in [4.78, 5) is 21.7. The molecule has 8 heteroatoms. The van der Waals surface area contributed by atoms with E-state index in [1.165, 1.54) is 29.0 Å². The van der Waals surface area contributed by atoms with Crippen LogP contribution in [0.25, 0.3) is 10.2 Å². The third kappa shape index (κ3) is 3.25. The molecule has 6 nitrogen and oxygen atoms in total. The van der Waals surface area contributed by atoms with Crippen LogP contribution >= 0.6 is 11.3 Å². The number of carbonyl (C=O) groups excluding carboxylic acids is 1. The Bertz CT molecular complexity index is 1180. The van der Waals surface area contributed by atoms with E-state index in [4.69, 9.17) is 0 Å². The molecule has 2 aliphatic rings. The van der Waals surface area contributed by atoms with E-state index in [0.717, 1.165) is 29.6 Å². The van der Waals surface area contributed by atoms with Crippen molar-refractivity contribution in [3.63, 3.8) is 0 Å². The van der Waals surface area contributed by atoms with Crippen molar-refractivity contribution < 1.29 is 14.3 Å². The zero-order valence-corrected chi connectivity index (χ0v) is 18.5. The molecule has 2 bridgehead atoms. The first-order valence-corrected chi connectivity index (χ1v) is 11.2. The smallest absolute Gasteiger partial charge is 0.323 e. The van der Waals surface area contributed by atoms with Crippen LogP contribution in [0.3, 0.4) is 0 Å². The Balaban J connectivity index is 1.46. The Morgan fingerprint density at radius 3 is 2.97 bits per heavy atom. The molecule has 3 atom stereocenters. The van der Waals surface area contributed by atoms with Crippen molar-refractivity contribution in [1.29, 1.82) is 0 Å². The lowest BCUT2D eigenvalue weighted by atomic mass is 9.61. The van der Waals surface area contributed by atoms with Crippen LogP contribution in [0, 0.1) is 5.82 Å². The van der Waals surface area contributed by atoms with Crippen molar-refractivity contribution in [2.24, 2.45) is 0 Å². The highest BCUT2D eigenvalue weighted by Crippen LogP contribution is 2.47. The number of nitrogens with one attached hydrogen (secondary N) is 1. The lowest BCUT2D eigenvalue weighted by molar-refractivity contribution is 0.0213. The van der Waals surface area contributed by atoms with Crippen molar-refractivity contribution >= 4 is 32.7 Å². The standard InChI is InChI=1S/C23H25FN4O2S/c1-23-8-9-27(2)18(10-13-4-6-15(29)12-16(13)23)20(23)28(3)22(30)26-21-25-17-11-14(24)5-7-19(17)31-21/h4-7,11-12,18,20,29H,8-10H2,1-3H3,(H,25,26,30)/t18-,20-,23?/m1/s1. The van der Waals surface area contributed by atoms with Crippen molar-refractivity contribution in [2.75, 3.05) is 26.0 Å². The molecule has 1 aliphatic carbocycles. The van der Waals surface area contributed by atoms with E-state index in [1.54, 1.807) is 17.0 Å². The molecule has 1 saturated heterocycles. The van der Waals surface area contributed by atoms with Crippen molar-refractivity contribution in [2.45, 2.75) is 37.3 Å². The Morgan fingerprint density at radius 2 is 2.16 bits per heavy atom. The van der Waals surface area contributed by atoms with Gasteiger partial charge in [-0.15, -0.1) is 0 Å². The van der Waals surface area contributed by atoms with Gasteiger partial charge < -0.3 is 14.9 Å². The molecule has 0 radical (unpaired) electrons. The average molecular weight is 441 g/mol. The van der Waals surface area contributed by atoms with Gasteiger partial charge in [-0.25, -0.2) is 14.2 Å². The second kappa shape index (κ2) is 7.17. The minimum Gasteiger partial charge on any atom is -0.508 e. The number of anilines is 1. The lowest BCUT2D eigenvalue weighted by Crippen LogP contribution is -2.67. The molecule has 0 saturated carbocycles. The number of nitrogens with zero attached hydrogens (tertiary/aromatic N) is 3. The second-order valence-corrected chi connectivity index (χ2v) is 9.91. The van der Waals surface area contributed by atoms with E-state index in [0.29, 0.717) is 10.6 Å². The average Bonchev–Trinajstić information content (AvgIpc) is 3.12. The minimum absolute atomic E-state index is 0.0626. The Morgan fingerprint density at radius 1 is 1.35 bits per heavy atom. The summed E-state index contributed by atoms with van der Waals surface area (Å²) in [5.74, 6) is -0.0920. The van der Waals surface area contributed by atoms with Gasteiger partial charge in [-0.3, -0.25) is 5.32 Å². The molecule has 2 aromatic carbocycles. The summed E-state index contributed by atoms with van der Waals surface area (Å²) in [6, 6.07) is 9.92. The molecule has 1 fully saturated rings. The molecule has 162 valence electrons. The Hall–Kier alpha value is -2.71. The third-order valence-corrected chi connectivity index (χ3v) is 7.96. The van der Waals surface area contributed by atoms with Gasteiger partial charge >= 0.3 is 6.03 Å². The van der Waals surface area contributed by atoms with Gasteiger partial charge in [0.25, 0.3) is 0 Å². The maximum Gasteiger partial charge on any atom is 0.323 e. The molecule has 1 aliphatic heterocycles. The third-order valence-electron chi connectivity index (χ3n) is 7.01. The predicted molar refractivity (Wildman–Crippen MR) is 120 cm³/mol. The molecule has 2 heterocycles. The number of phenols is 1. The molecular weight excluding hydrogens is 415 g/mol. The van der Waals surface area contributed by atoms with E-state index < -0.39 is 0 Å². The summed E-state index contributed by atoms with van der Waals surface area (Å²) < 4.78 is 14.3. The summed E-state index contributed by atoms with van der Waals surface area (Å²) in [5, 5.41) is 13.5. The Kier molecular flexibility index (Phi) is 4.67. The quantitative estimate of drug-likeness (QED) is 0.627. The van der Waals surface area contributed by atoms with Crippen LogP contribution in [0.5, 0.6) is 5.75 Å². The Labute approximate surface area is 184 Å². The SMILES string of the molecule is CN1CCC2(C)c3cc(O)ccc3C[C@@H]1[C@H]2N(C)C(=O)Nc1nc2cc(F)ccc2s1. The van der Waals surface area contributed by atoms with Gasteiger partial charge in [-0.1, -0.05) is 24.3 Å². The van der Waals surface area contributed by atoms with Crippen molar-refractivity contribution in [3.8, 4) is 5.75 Å². The molecule has 2 N–H and O–H groups in total. The van der Waals surface area contributed by atoms with Gasteiger partial charge in [-0.05, 0) is 61.8 Å². The number of amides is 2. The fraction of sp³-hybridized carbons (Fsp3) is 0.391. The highest BCUT2D eigenvalue weighted by atomic mass is 32.1. The summed E-state index contributed by atoms with van der Waals surface area (Å²) in [6.07, 6.45) is 1.71. The molecule has 5 rings (SSSR count). The van der Waals surface area contributed by atoms with E-state index in [2.05, 4.69) is 29.2 Å². The molecule has 1 unspecified atom stereocenters. The fourth-order valence-corrected chi connectivity index (χ4v) is 6.23. The number of aromatic hydroxyl groups is 1. The number of benzene rings is 2. The van der Waals surface area contributed by atoms with E-state index in [1.807, 2.05) is 19.2 Å². The van der Waals surface area contributed by atoms with Crippen LogP contribution in [0.2, 0.25) is 0 Å². The van der Waals surface area contributed by atoms with Crippen LogP contribution in [-0.4, -0.2) is 58.6 Å². The molecular formula is C23H25FN4O2S. The topological polar surface area (TPSA) is 68.7 Å². The van der Waals surface area contributed by atoms with E-state index >= 15 is 0 Å². The number of thiazole rings is 1. The number of urea groups is 1. The largest absolute Gasteiger partial charge is 0.508 e. The summed E-state index contributed by atoms with van der Waals surface area (Å²) in [7, 11) is 3.93. The maximum atomic E-state index is 13.5. The van der Waals surface area contributed by atoms with Crippen LogP contribution in [-0.2, 0) is 11.8 Å². The predicted octanol–water partition coefficient (Wildman–Crippen LogP) is 4.19. The summed E-state index contributed by atoms with van der Waals surface area (Å²) in [6.45, 7) is 3.13. The number of aromatic nitrogens is 1. The van der Waals surface area contributed by atoms with Crippen LogP contribution in [0.4, 0.5) is 14.3 Å². The number of hydrogen-bond acceptors (Lipinski definition) is 5. The van der Waals surface area contributed by atoms with Crippen LogP contribution in [0.1, 0.15) is 24.5 Å². The van der Waals surface area contributed by atoms with Crippen molar-refractivity contribution in [1.82, 2.24) is 14.8 Å². The van der Waals surface area contributed by atoms with E-state index in [-0.39, 0.29) is 35.1 Å². The zero-order chi connectivity index (χ0) is 21.9. The zero-order valence-electron chi connectivity index (χ0n) is 17.7. The van der Waals surface area contributed by atoms with Gasteiger partial charge in [0.2, 0.25) is 0 Å². The number of carbonyl (C=O) groups is 1. The normalized spacial score (nSPS) is 25.3. The number of halogens is 1. The first-order chi connectivity index (χ1) is 14.8. The lowest BCUT2D eigenvalue weighted by Gasteiger charge is -2.57. The highest BCUT2D eigenvalue weighted by molar-refractivity contribution is 7.22. The number of likely N-dealkylation sites (tertiary alicyclic amines) is 1. The number of rotatable bonds is 2. The number of fused-ring (bicyclic) bond motifs is 5. The molecule has 0 spiro atoms. The number of likely N-dealkylation sites (N-methyl/N-ethyl adjacent to an activating group) is 2. The fourth-order valence-electron chi connectivity index (χ4n) is 5.39. The van der Waals surface area contributed by atoms with Gasteiger partial charge in [0.05, 0.1) is 16.3 Å². The monoisotopic (exact) mass is 440 g/mol. The minimum atomic E-state index is -0.347. The molecule has 31 heavy (non-hydrogen) atoms. The molecule has 1 aromatic heterocycles. The number of phenolic OH excluding ortho intramolecular Hbond substituents is 1. The van der Waals surface area contributed by atoms with E-state index in [9.17, 15) is 14.3 Å². The van der Waals surface area contributed by atoms with Gasteiger partial charge in [-0.2, -0.15) is 0 Å². The van der Waals surface area contributed by atoms with Gasteiger partial charge in [0.1, 0.15) is 11.6 Å². The summed E-state index contributed by atoms with van der Waals surface area (Å²) >= 11 is 1.33. The van der Waals surface area contributed by atoms with Crippen molar-refractivity contribution in [3.05, 3.63) is 53.3 Å². The summed E-state index contributed by atoms with van der Waals surface area (Å²) in [5.41, 5.74) is 2.62. The first-order valence-electron chi connectivity index (χ1n) is 10.4. The number of hydrogen-bond donors (Lipinski definition) is 2. The van der Waals surface area contributed by atoms with Gasteiger partial charge in [0.15, 0.2) is 5.13 Å². The molecule has 2 amide bonds. The molecule has 3 aromatic rings. The maximum absolute atomic E-state index is 13.5. The second-order valence-electron chi connectivity index (χ2n) is 8.88. The number of piperidine rings is 1. The highest BCUT2D eigenvalue weighted by Gasteiger charge is 2.52.